The Hall–Kier alpha value is -2.13. The lowest BCUT2D eigenvalue weighted by atomic mass is 10.2. The molecule has 0 unspecified atom stereocenters. The zero-order valence-electron chi connectivity index (χ0n) is 14.5. The number of imide groups is 1. The van der Waals surface area contributed by atoms with E-state index in [0.29, 0.717) is 21.9 Å². The first-order chi connectivity index (χ1) is 11.8. The summed E-state index contributed by atoms with van der Waals surface area (Å²) in [6.45, 7) is 9.49. The van der Waals surface area contributed by atoms with Crippen molar-refractivity contribution >= 4 is 45.3 Å². The van der Waals surface area contributed by atoms with Crippen molar-refractivity contribution in [3.8, 4) is 0 Å². The Morgan fingerprint density at radius 1 is 1.44 bits per heavy atom. The van der Waals surface area contributed by atoms with E-state index in [0.717, 1.165) is 22.2 Å². The van der Waals surface area contributed by atoms with Gasteiger partial charge in [-0.1, -0.05) is 17.8 Å². The molecular formula is C16H20N4O3S2. The fourth-order valence-corrected chi connectivity index (χ4v) is 4.16. The summed E-state index contributed by atoms with van der Waals surface area (Å²) < 4.78 is 1.50. The Morgan fingerprint density at radius 2 is 2.12 bits per heavy atom. The number of allylic oxidation sites excluding steroid dienone is 1. The van der Waals surface area contributed by atoms with Crippen LogP contribution in [0.5, 0.6) is 0 Å². The summed E-state index contributed by atoms with van der Waals surface area (Å²) in [4.78, 5) is 42.5. The number of thioether (sulfide) groups is 1. The predicted octanol–water partition coefficient (Wildman–Crippen LogP) is 2.20. The van der Waals surface area contributed by atoms with E-state index in [1.54, 1.807) is 13.0 Å². The van der Waals surface area contributed by atoms with Gasteiger partial charge >= 0.3 is 6.03 Å². The number of nitrogens with zero attached hydrogens (tertiary/aromatic N) is 2. The van der Waals surface area contributed by atoms with Gasteiger partial charge in [-0.2, -0.15) is 0 Å². The molecule has 0 aliphatic carbocycles. The van der Waals surface area contributed by atoms with Gasteiger partial charge in [-0.25, -0.2) is 9.78 Å². The molecule has 134 valence electrons. The second-order valence-corrected chi connectivity index (χ2v) is 7.90. The number of urea groups is 1. The number of carbonyl (C=O) groups is 2. The van der Waals surface area contributed by atoms with E-state index >= 15 is 0 Å². The average Bonchev–Trinajstić information content (AvgIpc) is 2.85. The summed E-state index contributed by atoms with van der Waals surface area (Å²) in [5.41, 5.74) is 0.783. The zero-order chi connectivity index (χ0) is 18.7. The van der Waals surface area contributed by atoms with Gasteiger partial charge in [-0.05, 0) is 26.3 Å². The number of hydrogen-bond donors (Lipinski definition) is 2. The third-order valence-electron chi connectivity index (χ3n) is 3.68. The van der Waals surface area contributed by atoms with E-state index in [-0.39, 0.29) is 5.56 Å². The number of rotatable bonds is 5. The van der Waals surface area contributed by atoms with Crippen LogP contribution in [0, 0.1) is 13.8 Å². The summed E-state index contributed by atoms with van der Waals surface area (Å²) in [5.74, 6) is -0.456. The number of aromatic nitrogens is 2. The molecule has 0 aliphatic rings. The first-order valence-electron chi connectivity index (χ1n) is 7.60. The van der Waals surface area contributed by atoms with Gasteiger partial charge in [0.2, 0.25) is 5.91 Å². The molecule has 2 aromatic rings. The van der Waals surface area contributed by atoms with Crippen LogP contribution < -0.4 is 16.2 Å². The van der Waals surface area contributed by atoms with Crippen molar-refractivity contribution in [2.45, 2.75) is 37.7 Å². The van der Waals surface area contributed by atoms with Crippen LogP contribution in [0.3, 0.4) is 0 Å². The number of hydrogen-bond acceptors (Lipinski definition) is 6. The number of carbonyl (C=O) groups excluding carboxylic acids is 2. The lowest BCUT2D eigenvalue weighted by molar-refractivity contribution is -0.119. The zero-order valence-corrected chi connectivity index (χ0v) is 16.1. The molecule has 9 heteroatoms. The van der Waals surface area contributed by atoms with Crippen molar-refractivity contribution in [2.24, 2.45) is 0 Å². The van der Waals surface area contributed by atoms with Crippen molar-refractivity contribution in [1.82, 2.24) is 20.2 Å². The molecule has 2 N–H and O–H groups in total. The summed E-state index contributed by atoms with van der Waals surface area (Å²) in [7, 11) is 1.43. The molecule has 0 spiro atoms. The average molecular weight is 380 g/mol. The van der Waals surface area contributed by atoms with Gasteiger partial charge in [0.1, 0.15) is 4.83 Å². The fraction of sp³-hybridized carbons (Fsp3) is 0.375. The topological polar surface area (TPSA) is 93.1 Å². The second-order valence-electron chi connectivity index (χ2n) is 5.39. The SMILES string of the molecule is C=CCn1c(S[C@H](C)C(=O)NC(=O)NC)nc2sc(C)c(C)c2c1=O. The van der Waals surface area contributed by atoms with Crippen molar-refractivity contribution in [2.75, 3.05) is 7.05 Å². The third kappa shape index (κ3) is 3.93. The maximum atomic E-state index is 12.9. The highest BCUT2D eigenvalue weighted by atomic mass is 32.2. The Kier molecular flexibility index (Phi) is 6.02. The van der Waals surface area contributed by atoms with E-state index in [1.165, 1.54) is 23.0 Å². The molecule has 0 saturated heterocycles. The minimum Gasteiger partial charge on any atom is -0.341 e. The van der Waals surface area contributed by atoms with E-state index in [2.05, 4.69) is 22.2 Å². The fourth-order valence-electron chi connectivity index (χ4n) is 2.18. The molecule has 0 aliphatic heterocycles. The maximum absolute atomic E-state index is 12.9. The molecule has 25 heavy (non-hydrogen) atoms. The largest absolute Gasteiger partial charge is 0.341 e. The highest BCUT2D eigenvalue weighted by Gasteiger charge is 2.22. The molecule has 0 radical (unpaired) electrons. The maximum Gasteiger partial charge on any atom is 0.321 e. The van der Waals surface area contributed by atoms with Crippen LogP contribution in [0.15, 0.2) is 22.6 Å². The van der Waals surface area contributed by atoms with Crippen molar-refractivity contribution in [3.05, 3.63) is 33.4 Å². The Labute approximate surface area is 153 Å². The van der Waals surface area contributed by atoms with Gasteiger partial charge in [0.25, 0.3) is 5.56 Å². The smallest absolute Gasteiger partial charge is 0.321 e. The molecule has 0 bridgehead atoms. The van der Waals surface area contributed by atoms with Crippen LogP contribution in [-0.4, -0.2) is 33.8 Å². The van der Waals surface area contributed by atoms with Crippen LogP contribution in [-0.2, 0) is 11.3 Å². The molecule has 2 rings (SSSR count). The summed E-state index contributed by atoms with van der Waals surface area (Å²) in [6, 6.07) is -0.575. The molecule has 0 aromatic carbocycles. The van der Waals surface area contributed by atoms with Crippen LogP contribution in [0.25, 0.3) is 10.2 Å². The lowest BCUT2D eigenvalue weighted by Gasteiger charge is -2.14. The predicted molar refractivity (Wildman–Crippen MR) is 101 cm³/mol. The monoisotopic (exact) mass is 380 g/mol. The van der Waals surface area contributed by atoms with Crippen LogP contribution >= 0.6 is 23.1 Å². The van der Waals surface area contributed by atoms with E-state index in [1.807, 2.05) is 13.8 Å². The number of amides is 3. The molecule has 1 atom stereocenters. The minimum absolute atomic E-state index is 0.145. The molecule has 0 fully saturated rings. The minimum atomic E-state index is -0.597. The van der Waals surface area contributed by atoms with E-state index in [4.69, 9.17) is 0 Å². The Bertz CT molecular complexity index is 901. The third-order valence-corrected chi connectivity index (χ3v) is 5.87. The summed E-state index contributed by atoms with van der Waals surface area (Å²) in [6.07, 6.45) is 1.61. The van der Waals surface area contributed by atoms with Crippen molar-refractivity contribution in [3.63, 3.8) is 0 Å². The summed E-state index contributed by atoms with van der Waals surface area (Å²) >= 11 is 2.59. The molecule has 7 nitrogen and oxygen atoms in total. The van der Waals surface area contributed by atoms with Crippen molar-refractivity contribution < 1.29 is 9.59 Å². The van der Waals surface area contributed by atoms with Crippen LogP contribution in [0.2, 0.25) is 0 Å². The van der Waals surface area contributed by atoms with Gasteiger partial charge in [-0.3, -0.25) is 19.5 Å². The van der Waals surface area contributed by atoms with Crippen LogP contribution in [0.4, 0.5) is 4.79 Å². The Balaban J connectivity index is 2.44. The summed E-state index contributed by atoms with van der Waals surface area (Å²) in [5, 5.41) is 4.99. The van der Waals surface area contributed by atoms with Gasteiger partial charge < -0.3 is 5.32 Å². The number of nitrogens with one attached hydrogen (secondary N) is 2. The highest BCUT2D eigenvalue weighted by Crippen LogP contribution is 2.29. The normalized spacial score (nSPS) is 12.0. The quantitative estimate of drug-likeness (QED) is 0.471. The first kappa shape index (κ1) is 19.2. The molecule has 0 saturated carbocycles. The molecular weight excluding hydrogens is 360 g/mol. The van der Waals surface area contributed by atoms with Crippen LogP contribution in [0.1, 0.15) is 17.4 Å². The number of aryl methyl sites for hydroxylation is 2. The van der Waals surface area contributed by atoms with Gasteiger partial charge in [0, 0.05) is 18.5 Å². The van der Waals surface area contributed by atoms with Crippen molar-refractivity contribution in [1.29, 1.82) is 0 Å². The lowest BCUT2D eigenvalue weighted by Crippen LogP contribution is -2.41. The molecule has 2 heterocycles. The molecule has 3 amide bonds. The second kappa shape index (κ2) is 7.83. The van der Waals surface area contributed by atoms with Gasteiger partial charge in [-0.15, -0.1) is 17.9 Å². The van der Waals surface area contributed by atoms with E-state index < -0.39 is 17.2 Å². The number of fused-ring (bicyclic) bond motifs is 1. The first-order valence-corrected chi connectivity index (χ1v) is 9.30. The standard InChI is InChI=1S/C16H20N4O3S2/c1-6-7-20-14(22)11-8(2)9(3)24-13(11)19-16(20)25-10(4)12(21)18-15(23)17-5/h6,10H,1,7H2,2-5H3,(H2,17,18,21,23)/t10-/m1/s1. The van der Waals surface area contributed by atoms with Gasteiger partial charge in [0.15, 0.2) is 5.16 Å². The number of thiophene rings is 1. The highest BCUT2D eigenvalue weighted by molar-refractivity contribution is 8.00. The molecule has 2 aromatic heterocycles. The van der Waals surface area contributed by atoms with Gasteiger partial charge in [0.05, 0.1) is 10.6 Å². The Morgan fingerprint density at radius 3 is 2.72 bits per heavy atom. The van der Waals surface area contributed by atoms with E-state index in [9.17, 15) is 14.4 Å².